The van der Waals surface area contributed by atoms with E-state index in [1.165, 1.54) is 26.2 Å². The smallest absolute Gasteiger partial charge is 0.338 e. The minimum Gasteiger partial charge on any atom is -1.00 e. The summed E-state index contributed by atoms with van der Waals surface area (Å²) in [6.45, 7) is 7.87. The van der Waals surface area contributed by atoms with Crippen molar-refractivity contribution in [2.45, 2.75) is 20.3 Å². The molecular weight excluding hydrogens is 334 g/mol. The van der Waals surface area contributed by atoms with Gasteiger partial charge in [0.1, 0.15) is 0 Å². The van der Waals surface area contributed by atoms with Gasteiger partial charge in [-0.1, -0.05) is 0 Å². The Bertz CT molecular complexity index is 481. The summed E-state index contributed by atoms with van der Waals surface area (Å²) >= 11 is 0. The van der Waals surface area contributed by atoms with Crippen LogP contribution in [0.25, 0.3) is 0 Å². The lowest BCUT2D eigenvalue weighted by Gasteiger charge is -2.15. The molecule has 7 heteroatoms. The summed E-state index contributed by atoms with van der Waals surface area (Å²) in [5.74, 6) is 0.938. The zero-order chi connectivity index (χ0) is 17.2. The van der Waals surface area contributed by atoms with Gasteiger partial charge in [0.25, 0.3) is 0 Å². The summed E-state index contributed by atoms with van der Waals surface area (Å²) in [4.78, 5) is 13.7. The third kappa shape index (κ3) is 6.09. The van der Waals surface area contributed by atoms with Crippen molar-refractivity contribution in [3.63, 3.8) is 0 Å². The topological polar surface area (TPSA) is 58.4 Å². The fraction of sp³-hybridized carbons (Fsp3) is 0.588. The molecule has 0 saturated heterocycles. The molecule has 0 atom stereocenters. The van der Waals surface area contributed by atoms with E-state index in [9.17, 15) is 4.79 Å². The van der Waals surface area contributed by atoms with E-state index < -0.39 is 0 Å². The van der Waals surface area contributed by atoms with E-state index in [2.05, 4.69) is 13.8 Å². The zero-order valence-corrected chi connectivity index (χ0v) is 15.9. The normalized spacial score (nSPS) is 10.1. The lowest BCUT2D eigenvalue weighted by molar-refractivity contribution is -0.896. The molecule has 138 valence electrons. The summed E-state index contributed by atoms with van der Waals surface area (Å²) in [5.41, 5.74) is 0.384. The van der Waals surface area contributed by atoms with Gasteiger partial charge >= 0.3 is 5.97 Å². The molecule has 0 bridgehead atoms. The Morgan fingerprint density at radius 3 is 1.96 bits per heavy atom. The fourth-order valence-corrected chi connectivity index (χ4v) is 2.37. The van der Waals surface area contributed by atoms with Crippen LogP contribution >= 0.6 is 0 Å². The molecule has 1 rings (SSSR count). The molecule has 1 aromatic rings. The largest absolute Gasteiger partial charge is 1.00 e. The molecule has 0 aliphatic rings. The van der Waals surface area contributed by atoms with E-state index in [-0.39, 0.29) is 18.4 Å². The third-order valence-corrected chi connectivity index (χ3v) is 3.81. The SMILES string of the molecule is CC[NH+](CC)CCCOC(=O)c1cc(OC)c(OC)c(OC)c1.[Cl-]. The summed E-state index contributed by atoms with van der Waals surface area (Å²) in [7, 11) is 4.55. The molecule has 0 fully saturated rings. The van der Waals surface area contributed by atoms with Gasteiger partial charge < -0.3 is 36.3 Å². The van der Waals surface area contributed by atoms with Crippen LogP contribution in [0.3, 0.4) is 0 Å². The number of benzene rings is 1. The second-order valence-electron chi connectivity index (χ2n) is 5.11. The maximum absolute atomic E-state index is 12.2. The van der Waals surface area contributed by atoms with Gasteiger partial charge in [0, 0.05) is 6.42 Å². The van der Waals surface area contributed by atoms with Crippen molar-refractivity contribution in [1.82, 2.24) is 0 Å². The van der Waals surface area contributed by atoms with Crippen LogP contribution in [0, 0.1) is 0 Å². The van der Waals surface area contributed by atoms with Crippen molar-refractivity contribution in [2.24, 2.45) is 0 Å². The highest BCUT2D eigenvalue weighted by atomic mass is 35.5. The fourth-order valence-electron chi connectivity index (χ4n) is 2.37. The van der Waals surface area contributed by atoms with Crippen LogP contribution in [0.15, 0.2) is 12.1 Å². The van der Waals surface area contributed by atoms with Crippen LogP contribution in [-0.4, -0.2) is 53.5 Å². The predicted octanol–water partition coefficient (Wildman–Crippen LogP) is -1.81. The molecule has 6 nitrogen and oxygen atoms in total. The van der Waals surface area contributed by atoms with E-state index in [0.717, 1.165) is 26.1 Å². The number of quaternary nitrogens is 1. The number of carbonyl (C=O) groups is 1. The second-order valence-corrected chi connectivity index (χ2v) is 5.11. The van der Waals surface area contributed by atoms with Crippen molar-refractivity contribution in [3.05, 3.63) is 17.7 Å². The average molecular weight is 362 g/mol. The molecule has 1 N–H and O–H groups in total. The van der Waals surface area contributed by atoms with E-state index in [1.54, 1.807) is 12.1 Å². The molecule has 0 radical (unpaired) electrons. The average Bonchev–Trinajstić information content (AvgIpc) is 2.60. The number of halogens is 1. The first-order chi connectivity index (χ1) is 11.1. The first-order valence-corrected chi connectivity index (χ1v) is 7.91. The van der Waals surface area contributed by atoms with Gasteiger partial charge in [0.2, 0.25) is 5.75 Å². The lowest BCUT2D eigenvalue weighted by Crippen LogP contribution is -3.11. The Morgan fingerprint density at radius 1 is 1.00 bits per heavy atom. The van der Waals surface area contributed by atoms with Gasteiger partial charge in [-0.15, -0.1) is 0 Å². The van der Waals surface area contributed by atoms with Gasteiger partial charge in [0.15, 0.2) is 11.5 Å². The van der Waals surface area contributed by atoms with Crippen LogP contribution in [0.2, 0.25) is 0 Å². The van der Waals surface area contributed by atoms with Crippen LogP contribution in [0.5, 0.6) is 17.2 Å². The highest BCUT2D eigenvalue weighted by Crippen LogP contribution is 2.38. The van der Waals surface area contributed by atoms with Crippen molar-refractivity contribution in [1.29, 1.82) is 0 Å². The molecule has 0 spiro atoms. The Hall–Kier alpha value is -1.66. The highest BCUT2D eigenvalue weighted by Gasteiger charge is 2.17. The minimum absolute atomic E-state index is 0. The number of carbonyl (C=O) groups excluding carboxylic acids is 1. The van der Waals surface area contributed by atoms with Gasteiger partial charge in [-0.2, -0.15) is 0 Å². The number of esters is 1. The second kappa shape index (κ2) is 11.8. The number of ether oxygens (including phenoxy) is 4. The quantitative estimate of drug-likeness (QED) is 0.393. The summed E-state index contributed by atoms with van der Waals surface area (Å²) in [6.07, 6.45) is 0.840. The molecule has 24 heavy (non-hydrogen) atoms. The van der Waals surface area contributed by atoms with Gasteiger partial charge in [0.05, 0.1) is 53.1 Å². The molecular formula is C17H28ClNO5. The van der Waals surface area contributed by atoms with Gasteiger partial charge in [-0.05, 0) is 26.0 Å². The molecule has 0 amide bonds. The molecule has 0 unspecified atom stereocenters. The Kier molecular flexibility index (Phi) is 11.0. The number of nitrogens with one attached hydrogen (secondary N) is 1. The number of rotatable bonds is 10. The Morgan fingerprint density at radius 2 is 1.54 bits per heavy atom. The predicted molar refractivity (Wildman–Crippen MR) is 87.9 cm³/mol. The highest BCUT2D eigenvalue weighted by molar-refractivity contribution is 5.91. The Balaban J connectivity index is 0.00000529. The third-order valence-electron chi connectivity index (χ3n) is 3.81. The molecule has 0 aliphatic heterocycles. The van der Waals surface area contributed by atoms with Crippen LogP contribution in [-0.2, 0) is 4.74 Å². The maximum Gasteiger partial charge on any atom is 0.338 e. The zero-order valence-electron chi connectivity index (χ0n) is 15.1. The lowest BCUT2D eigenvalue weighted by atomic mass is 10.2. The maximum atomic E-state index is 12.2. The van der Waals surface area contributed by atoms with E-state index >= 15 is 0 Å². The first-order valence-electron chi connectivity index (χ1n) is 7.91. The van der Waals surface area contributed by atoms with Crippen molar-refractivity contribution in [3.8, 4) is 17.2 Å². The Labute approximate surface area is 150 Å². The van der Waals surface area contributed by atoms with Crippen LogP contribution < -0.4 is 31.5 Å². The molecule has 1 aromatic carbocycles. The van der Waals surface area contributed by atoms with Crippen LogP contribution in [0.1, 0.15) is 30.6 Å². The molecule has 0 saturated carbocycles. The number of hydrogen-bond acceptors (Lipinski definition) is 5. The molecule has 0 heterocycles. The van der Waals surface area contributed by atoms with Crippen molar-refractivity contribution in [2.75, 3.05) is 47.6 Å². The van der Waals surface area contributed by atoms with E-state index in [1.807, 2.05) is 0 Å². The summed E-state index contributed by atoms with van der Waals surface area (Å²) in [5, 5.41) is 0. The number of methoxy groups -OCH3 is 3. The van der Waals surface area contributed by atoms with Crippen LogP contribution in [0.4, 0.5) is 0 Å². The summed E-state index contributed by atoms with van der Waals surface area (Å²) < 4.78 is 21.1. The first kappa shape index (κ1) is 22.3. The van der Waals surface area contributed by atoms with Crippen molar-refractivity contribution >= 4 is 5.97 Å². The monoisotopic (exact) mass is 361 g/mol. The van der Waals surface area contributed by atoms with Crippen molar-refractivity contribution < 1.29 is 41.0 Å². The van der Waals surface area contributed by atoms with Gasteiger partial charge in [-0.25, -0.2) is 4.79 Å². The molecule has 0 aliphatic carbocycles. The van der Waals surface area contributed by atoms with E-state index in [4.69, 9.17) is 18.9 Å². The number of hydrogen-bond donors (Lipinski definition) is 1. The summed E-state index contributed by atoms with van der Waals surface area (Å²) in [6, 6.07) is 3.19. The van der Waals surface area contributed by atoms with E-state index in [0.29, 0.717) is 29.4 Å². The standard InChI is InChI=1S/C17H27NO5.ClH/c1-6-18(7-2)9-8-10-23-17(19)13-11-14(20-3)16(22-5)15(12-13)21-4;/h11-12H,6-10H2,1-5H3;1H. The van der Waals surface area contributed by atoms with Gasteiger partial charge in [-0.3, -0.25) is 0 Å². The molecule has 0 aromatic heterocycles. The minimum atomic E-state index is -0.390.